The second-order valence-corrected chi connectivity index (χ2v) is 7.52. The van der Waals surface area contributed by atoms with E-state index in [4.69, 9.17) is 4.74 Å². The minimum atomic E-state index is 0.0352. The average Bonchev–Trinajstić information content (AvgIpc) is 2.75. The fourth-order valence-corrected chi connectivity index (χ4v) is 4.37. The highest BCUT2D eigenvalue weighted by molar-refractivity contribution is 5.94. The van der Waals surface area contributed by atoms with E-state index in [1.807, 2.05) is 46.3 Å². The molecular formula is C22H25N3O3. The number of aromatic nitrogens is 1. The van der Waals surface area contributed by atoms with Gasteiger partial charge in [0.05, 0.1) is 7.11 Å². The fourth-order valence-electron chi connectivity index (χ4n) is 4.37. The summed E-state index contributed by atoms with van der Waals surface area (Å²) >= 11 is 0. The third-order valence-corrected chi connectivity index (χ3v) is 5.82. The number of ether oxygens (including phenoxy) is 1. The number of hydrogen-bond acceptors (Lipinski definition) is 4. The van der Waals surface area contributed by atoms with Crippen molar-refractivity contribution in [1.29, 1.82) is 0 Å². The van der Waals surface area contributed by atoms with E-state index in [0.717, 1.165) is 18.4 Å². The van der Waals surface area contributed by atoms with Crippen LogP contribution in [0.4, 0.5) is 0 Å². The van der Waals surface area contributed by atoms with Crippen molar-refractivity contribution in [1.82, 2.24) is 14.8 Å². The molecule has 1 aromatic heterocycles. The zero-order valence-corrected chi connectivity index (χ0v) is 16.1. The van der Waals surface area contributed by atoms with Gasteiger partial charge in [0.2, 0.25) is 5.91 Å². The molecule has 2 fully saturated rings. The molecule has 6 nitrogen and oxygen atoms in total. The minimum Gasteiger partial charge on any atom is -0.497 e. The van der Waals surface area contributed by atoms with Crippen LogP contribution >= 0.6 is 0 Å². The summed E-state index contributed by atoms with van der Waals surface area (Å²) in [7, 11) is 1.60. The van der Waals surface area contributed by atoms with Gasteiger partial charge in [0.1, 0.15) is 5.75 Å². The van der Waals surface area contributed by atoms with E-state index in [-0.39, 0.29) is 17.9 Å². The number of amides is 2. The zero-order valence-electron chi connectivity index (χ0n) is 16.1. The molecule has 28 heavy (non-hydrogen) atoms. The highest BCUT2D eigenvalue weighted by Gasteiger charge is 2.40. The predicted octanol–water partition coefficient (Wildman–Crippen LogP) is 2.74. The molecule has 6 heteroatoms. The summed E-state index contributed by atoms with van der Waals surface area (Å²) in [4.78, 5) is 33.6. The maximum atomic E-state index is 13.0. The van der Waals surface area contributed by atoms with Crippen LogP contribution in [0, 0.1) is 5.92 Å². The smallest absolute Gasteiger partial charge is 0.253 e. The van der Waals surface area contributed by atoms with Gasteiger partial charge in [0, 0.05) is 50.1 Å². The van der Waals surface area contributed by atoms with E-state index in [1.54, 1.807) is 19.4 Å². The van der Waals surface area contributed by atoms with Gasteiger partial charge in [0.15, 0.2) is 0 Å². The van der Waals surface area contributed by atoms with Gasteiger partial charge >= 0.3 is 0 Å². The molecule has 146 valence electrons. The number of piperidine rings is 2. The first-order valence-corrected chi connectivity index (χ1v) is 9.77. The van der Waals surface area contributed by atoms with Crippen molar-refractivity contribution in [2.24, 2.45) is 5.92 Å². The van der Waals surface area contributed by atoms with Crippen LogP contribution in [0.5, 0.6) is 5.75 Å². The van der Waals surface area contributed by atoms with E-state index < -0.39 is 0 Å². The van der Waals surface area contributed by atoms with Gasteiger partial charge in [0.25, 0.3) is 5.91 Å². The van der Waals surface area contributed by atoms with E-state index >= 15 is 0 Å². The van der Waals surface area contributed by atoms with Gasteiger partial charge in [-0.3, -0.25) is 14.6 Å². The maximum absolute atomic E-state index is 13.0. The van der Waals surface area contributed by atoms with Gasteiger partial charge < -0.3 is 14.5 Å². The molecule has 2 aliphatic heterocycles. The number of rotatable bonds is 4. The molecule has 2 aliphatic rings. The summed E-state index contributed by atoms with van der Waals surface area (Å²) in [6.07, 6.45) is 5.76. The molecular weight excluding hydrogens is 354 g/mol. The number of carbonyl (C=O) groups excluding carboxylic acids is 2. The van der Waals surface area contributed by atoms with Gasteiger partial charge in [-0.05, 0) is 48.6 Å². The van der Waals surface area contributed by atoms with E-state index in [9.17, 15) is 9.59 Å². The third kappa shape index (κ3) is 3.72. The third-order valence-electron chi connectivity index (χ3n) is 5.82. The van der Waals surface area contributed by atoms with Crippen LogP contribution in [0.2, 0.25) is 0 Å². The molecule has 1 aromatic carbocycles. The Balaban J connectivity index is 1.46. The second-order valence-electron chi connectivity index (χ2n) is 7.52. The molecule has 0 radical (unpaired) electrons. The van der Waals surface area contributed by atoms with Crippen LogP contribution in [-0.2, 0) is 11.3 Å². The molecule has 0 N–H and O–H groups in total. The van der Waals surface area contributed by atoms with Crippen LogP contribution in [0.15, 0.2) is 48.8 Å². The Labute approximate surface area is 165 Å². The highest BCUT2D eigenvalue weighted by atomic mass is 16.5. The minimum absolute atomic E-state index is 0.0352. The van der Waals surface area contributed by atoms with Crippen LogP contribution < -0.4 is 4.74 Å². The first kappa shape index (κ1) is 18.5. The van der Waals surface area contributed by atoms with Crippen LogP contribution in [0.25, 0.3) is 0 Å². The summed E-state index contributed by atoms with van der Waals surface area (Å²) in [5.41, 5.74) is 1.70. The molecule has 0 saturated carbocycles. The van der Waals surface area contributed by atoms with Gasteiger partial charge in [-0.25, -0.2) is 0 Å². The highest BCUT2D eigenvalue weighted by Crippen LogP contribution is 2.33. The predicted molar refractivity (Wildman–Crippen MR) is 105 cm³/mol. The van der Waals surface area contributed by atoms with E-state index in [1.165, 1.54) is 0 Å². The van der Waals surface area contributed by atoms with Crippen LogP contribution in [0.1, 0.15) is 35.2 Å². The van der Waals surface area contributed by atoms with E-state index in [0.29, 0.717) is 43.3 Å². The number of nitrogens with zero attached hydrogens (tertiary/aromatic N) is 3. The van der Waals surface area contributed by atoms with Gasteiger partial charge in [-0.1, -0.05) is 12.1 Å². The number of benzene rings is 1. The topological polar surface area (TPSA) is 62.7 Å². The summed E-state index contributed by atoms with van der Waals surface area (Å²) < 4.78 is 5.24. The Bertz CT molecular complexity index is 855. The molecule has 0 spiro atoms. The standard InChI is InChI=1S/C22H25N3O3/c1-28-19-6-2-5-17(12-19)22(27)24-11-9-20-18(15-24)7-8-21(26)25(20)14-16-4-3-10-23-13-16/h2-6,10,12-13,18,20H,7-9,11,14-15H2,1H3/t18-,20+/m1/s1. The monoisotopic (exact) mass is 379 g/mol. The number of likely N-dealkylation sites (tertiary alicyclic amines) is 2. The van der Waals surface area contributed by atoms with Crippen molar-refractivity contribution < 1.29 is 14.3 Å². The van der Waals surface area contributed by atoms with Gasteiger partial charge in [-0.2, -0.15) is 0 Å². The molecule has 0 unspecified atom stereocenters. The number of fused-ring (bicyclic) bond motifs is 1. The van der Waals surface area contributed by atoms with Crippen LogP contribution in [-0.4, -0.2) is 52.8 Å². The molecule has 2 atom stereocenters. The van der Waals surface area contributed by atoms with Crippen molar-refractivity contribution in [3.63, 3.8) is 0 Å². The van der Waals surface area contributed by atoms with Crippen LogP contribution in [0.3, 0.4) is 0 Å². The Morgan fingerprint density at radius 1 is 1.25 bits per heavy atom. The fraction of sp³-hybridized carbons (Fsp3) is 0.409. The molecule has 0 aliphatic carbocycles. The lowest BCUT2D eigenvalue weighted by Crippen LogP contribution is -2.56. The summed E-state index contributed by atoms with van der Waals surface area (Å²) in [5.74, 6) is 1.25. The van der Waals surface area contributed by atoms with Crippen molar-refractivity contribution in [3.8, 4) is 5.75 Å². The zero-order chi connectivity index (χ0) is 19.5. The van der Waals surface area contributed by atoms with Crippen molar-refractivity contribution in [3.05, 3.63) is 59.9 Å². The lowest BCUT2D eigenvalue weighted by Gasteiger charge is -2.47. The molecule has 4 rings (SSSR count). The Morgan fingerprint density at radius 3 is 2.93 bits per heavy atom. The normalized spacial score (nSPS) is 22.0. The number of pyridine rings is 1. The van der Waals surface area contributed by atoms with Crippen molar-refractivity contribution in [2.45, 2.75) is 31.8 Å². The number of carbonyl (C=O) groups is 2. The van der Waals surface area contributed by atoms with Crippen molar-refractivity contribution >= 4 is 11.8 Å². The van der Waals surface area contributed by atoms with E-state index in [2.05, 4.69) is 4.98 Å². The molecule has 2 aromatic rings. The average molecular weight is 379 g/mol. The largest absolute Gasteiger partial charge is 0.497 e. The molecule has 0 bridgehead atoms. The second kappa shape index (κ2) is 8.00. The summed E-state index contributed by atoms with van der Waals surface area (Å²) in [5, 5.41) is 0. The Kier molecular flexibility index (Phi) is 5.28. The molecule has 2 saturated heterocycles. The Morgan fingerprint density at radius 2 is 2.14 bits per heavy atom. The van der Waals surface area contributed by atoms with Crippen molar-refractivity contribution in [2.75, 3.05) is 20.2 Å². The quantitative estimate of drug-likeness (QED) is 0.820. The lowest BCUT2D eigenvalue weighted by molar-refractivity contribution is -0.141. The lowest BCUT2D eigenvalue weighted by atomic mass is 9.83. The SMILES string of the molecule is COc1cccc(C(=O)N2CC[C@H]3[C@H](CCC(=O)N3Cc3cccnc3)C2)c1. The first-order valence-electron chi connectivity index (χ1n) is 9.77. The molecule has 2 amide bonds. The summed E-state index contributed by atoms with van der Waals surface area (Å²) in [6.45, 7) is 1.95. The number of methoxy groups -OCH3 is 1. The molecule has 3 heterocycles. The summed E-state index contributed by atoms with van der Waals surface area (Å²) in [6, 6.07) is 11.4. The Hall–Kier alpha value is -2.89. The number of hydrogen-bond donors (Lipinski definition) is 0. The maximum Gasteiger partial charge on any atom is 0.253 e. The first-order chi connectivity index (χ1) is 13.7. The van der Waals surface area contributed by atoms with Gasteiger partial charge in [-0.15, -0.1) is 0 Å².